The Labute approximate surface area is 166 Å². The second-order valence-electron chi connectivity index (χ2n) is 6.10. The number of pyridine rings is 2. The van der Waals surface area contributed by atoms with E-state index in [2.05, 4.69) is 20.3 Å². The molecule has 0 spiro atoms. The van der Waals surface area contributed by atoms with E-state index in [0.717, 1.165) is 5.56 Å². The van der Waals surface area contributed by atoms with Crippen LogP contribution in [0.1, 0.15) is 0 Å². The lowest BCUT2D eigenvalue weighted by Gasteiger charge is -2.08. The molecular weight excluding hydrogens is 372 g/mol. The zero-order valence-electron chi connectivity index (χ0n) is 15.8. The van der Waals surface area contributed by atoms with Crippen molar-refractivity contribution in [2.75, 3.05) is 19.5 Å². The van der Waals surface area contributed by atoms with Gasteiger partial charge in [0.15, 0.2) is 5.76 Å². The van der Waals surface area contributed by atoms with Gasteiger partial charge >= 0.3 is 0 Å². The molecule has 0 bridgehead atoms. The summed E-state index contributed by atoms with van der Waals surface area (Å²) in [5.74, 6) is 1.83. The minimum atomic E-state index is -0.205. The fourth-order valence-corrected chi connectivity index (χ4v) is 2.82. The van der Waals surface area contributed by atoms with E-state index in [1.165, 1.54) is 0 Å². The van der Waals surface area contributed by atoms with Crippen LogP contribution >= 0.6 is 0 Å². The van der Waals surface area contributed by atoms with E-state index in [1.54, 1.807) is 75.3 Å². The van der Waals surface area contributed by atoms with Crippen molar-refractivity contribution in [3.8, 4) is 34.1 Å². The van der Waals surface area contributed by atoms with Crippen LogP contribution in [0.3, 0.4) is 0 Å². The maximum absolute atomic E-state index is 12.0. The van der Waals surface area contributed by atoms with E-state index in [9.17, 15) is 4.79 Å². The largest absolute Gasteiger partial charge is 0.497 e. The minimum absolute atomic E-state index is 0.205. The molecule has 8 nitrogen and oxygen atoms in total. The Hall–Kier alpha value is -4.07. The topological polar surface area (TPSA) is 102 Å². The van der Waals surface area contributed by atoms with Gasteiger partial charge in [0.1, 0.15) is 11.5 Å². The monoisotopic (exact) mass is 390 g/mol. The van der Waals surface area contributed by atoms with Crippen LogP contribution in [0.2, 0.25) is 0 Å². The molecule has 0 saturated carbocycles. The number of rotatable bonds is 6. The summed E-state index contributed by atoms with van der Waals surface area (Å²) in [6, 6.07) is 12.7. The third-order valence-electron chi connectivity index (χ3n) is 4.25. The van der Waals surface area contributed by atoms with E-state index in [1.807, 2.05) is 0 Å². The van der Waals surface area contributed by atoms with Crippen molar-refractivity contribution >= 4 is 11.7 Å². The van der Waals surface area contributed by atoms with Gasteiger partial charge in [-0.3, -0.25) is 9.78 Å². The van der Waals surface area contributed by atoms with Gasteiger partial charge in [0.25, 0.3) is 11.6 Å². The molecule has 1 aromatic carbocycles. The lowest BCUT2D eigenvalue weighted by Crippen LogP contribution is -2.07. The maximum atomic E-state index is 12.0. The molecule has 3 aromatic heterocycles. The van der Waals surface area contributed by atoms with E-state index in [4.69, 9.17) is 13.9 Å². The molecule has 4 rings (SSSR count). The number of H-pyrrole nitrogens is 1. The molecule has 0 aliphatic carbocycles. The highest BCUT2D eigenvalue weighted by molar-refractivity contribution is 5.67. The number of nitrogens with one attached hydrogen (secondary N) is 2. The van der Waals surface area contributed by atoms with Gasteiger partial charge in [-0.2, -0.15) is 0 Å². The number of methoxy groups -OCH3 is 2. The standard InChI is InChI=1S/C21H18N4O4/c1-27-15-9-14(10-16(11-15)28-2)25-21-24-12-19(29-21)13-5-7-22-18(8-13)17-4-3-6-23-20(17)26/h3-12H,1-2H3,(H,23,26)(H,24,25). The summed E-state index contributed by atoms with van der Waals surface area (Å²) >= 11 is 0. The Bertz CT molecular complexity index is 1180. The summed E-state index contributed by atoms with van der Waals surface area (Å²) in [7, 11) is 3.17. The predicted molar refractivity (Wildman–Crippen MR) is 109 cm³/mol. The van der Waals surface area contributed by atoms with Gasteiger partial charge in [-0.15, -0.1) is 0 Å². The first-order valence-corrected chi connectivity index (χ1v) is 8.76. The maximum Gasteiger partial charge on any atom is 0.299 e. The molecule has 0 amide bonds. The normalized spacial score (nSPS) is 10.6. The fourth-order valence-electron chi connectivity index (χ4n) is 2.82. The number of anilines is 2. The van der Waals surface area contributed by atoms with E-state index in [-0.39, 0.29) is 5.56 Å². The highest BCUT2D eigenvalue weighted by Crippen LogP contribution is 2.30. The molecular formula is C21H18N4O4. The van der Waals surface area contributed by atoms with E-state index in [0.29, 0.717) is 40.2 Å². The third kappa shape index (κ3) is 3.96. The Morgan fingerprint density at radius 1 is 1.03 bits per heavy atom. The SMILES string of the molecule is COc1cc(Nc2ncc(-c3ccnc(-c4ccc[nH]c4=O)c3)o2)cc(OC)c1. The fraction of sp³-hybridized carbons (Fsp3) is 0.0952. The van der Waals surface area contributed by atoms with E-state index < -0.39 is 0 Å². The molecule has 8 heteroatoms. The molecule has 0 aliphatic heterocycles. The molecule has 2 N–H and O–H groups in total. The lowest BCUT2D eigenvalue weighted by atomic mass is 10.1. The second kappa shape index (κ2) is 7.89. The average molecular weight is 390 g/mol. The van der Waals surface area contributed by atoms with Crippen molar-refractivity contribution in [1.82, 2.24) is 15.0 Å². The van der Waals surface area contributed by atoms with Gasteiger partial charge in [-0.25, -0.2) is 4.98 Å². The van der Waals surface area contributed by atoms with Crippen LogP contribution in [0.4, 0.5) is 11.7 Å². The minimum Gasteiger partial charge on any atom is -0.497 e. The molecule has 29 heavy (non-hydrogen) atoms. The molecule has 0 aliphatic rings. The number of ether oxygens (including phenoxy) is 2. The number of nitrogens with zero attached hydrogens (tertiary/aromatic N) is 2. The van der Waals surface area contributed by atoms with Crippen LogP contribution in [-0.4, -0.2) is 29.2 Å². The molecule has 0 fully saturated rings. The summed E-state index contributed by atoms with van der Waals surface area (Å²) in [6.07, 6.45) is 4.81. The highest BCUT2D eigenvalue weighted by atomic mass is 16.5. The second-order valence-corrected chi connectivity index (χ2v) is 6.10. The van der Waals surface area contributed by atoms with Crippen LogP contribution < -0.4 is 20.3 Å². The average Bonchev–Trinajstić information content (AvgIpc) is 3.22. The van der Waals surface area contributed by atoms with Crippen molar-refractivity contribution < 1.29 is 13.9 Å². The number of benzene rings is 1. The van der Waals surface area contributed by atoms with Gasteiger partial charge in [0.2, 0.25) is 0 Å². The molecule has 146 valence electrons. The number of aromatic nitrogens is 3. The lowest BCUT2D eigenvalue weighted by molar-refractivity contribution is 0.394. The first-order valence-electron chi connectivity index (χ1n) is 8.76. The first kappa shape index (κ1) is 18.3. The van der Waals surface area contributed by atoms with Crippen molar-refractivity contribution in [2.24, 2.45) is 0 Å². The Balaban J connectivity index is 1.61. The van der Waals surface area contributed by atoms with Gasteiger partial charge in [-0.05, 0) is 24.3 Å². The molecule has 3 heterocycles. The van der Waals surface area contributed by atoms with Crippen molar-refractivity contribution in [1.29, 1.82) is 0 Å². The van der Waals surface area contributed by atoms with E-state index >= 15 is 0 Å². The van der Waals surface area contributed by atoms with Gasteiger partial charge in [-0.1, -0.05) is 0 Å². The Morgan fingerprint density at radius 3 is 2.55 bits per heavy atom. The number of hydrogen-bond acceptors (Lipinski definition) is 7. The first-order chi connectivity index (χ1) is 14.2. The predicted octanol–water partition coefficient (Wildman–Crippen LogP) is 3.85. The number of hydrogen-bond donors (Lipinski definition) is 2. The van der Waals surface area contributed by atoms with Crippen molar-refractivity contribution in [3.05, 3.63) is 71.4 Å². The smallest absolute Gasteiger partial charge is 0.299 e. The highest BCUT2D eigenvalue weighted by Gasteiger charge is 2.11. The van der Waals surface area contributed by atoms with Gasteiger partial charge in [0, 0.05) is 41.8 Å². The summed E-state index contributed by atoms with van der Waals surface area (Å²) in [5, 5.41) is 3.09. The van der Waals surface area contributed by atoms with Crippen LogP contribution in [0.5, 0.6) is 11.5 Å². The Morgan fingerprint density at radius 2 is 1.83 bits per heavy atom. The summed E-state index contributed by atoms with van der Waals surface area (Å²) in [6.45, 7) is 0. The van der Waals surface area contributed by atoms with Crippen LogP contribution in [0.15, 0.2) is 70.3 Å². The number of aromatic amines is 1. The number of oxazole rings is 1. The molecule has 0 atom stereocenters. The van der Waals surface area contributed by atoms with Crippen molar-refractivity contribution in [2.45, 2.75) is 0 Å². The summed E-state index contributed by atoms with van der Waals surface area (Å²) < 4.78 is 16.4. The zero-order valence-corrected chi connectivity index (χ0v) is 15.8. The summed E-state index contributed by atoms with van der Waals surface area (Å²) in [4.78, 5) is 23.2. The molecule has 0 unspecified atom stereocenters. The molecule has 0 radical (unpaired) electrons. The zero-order chi connectivity index (χ0) is 20.2. The quantitative estimate of drug-likeness (QED) is 0.515. The van der Waals surface area contributed by atoms with Crippen LogP contribution in [0.25, 0.3) is 22.6 Å². The molecule has 0 saturated heterocycles. The molecule has 4 aromatic rings. The van der Waals surface area contributed by atoms with Gasteiger partial charge < -0.3 is 24.2 Å². The Kier molecular flexibility index (Phi) is 4.98. The van der Waals surface area contributed by atoms with Crippen LogP contribution in [0, 0.1) is 0 Å². The van der Waals surface area contributed by atoms with Gasteiger partial charge in [0.05, 0.1) is 31.7 Å². The van der Waals surface area contributed by atoms with Crippen molar-refractivity contribution in [3.63, 3.8) is 0 Å². The summed E-state index contributed by atoms with van der Waals surface area (Å²) in [5.41, 5.74) is 2.29. The van der Waals surface area contributed by atoms with Crippen LogP contribution in [-0.2, 0) is 0 Å². The third-order valence-corrected chi connectivity index (χ3v) is 4.25.